The van der Waals surface area contributed by atoms with E-state index < -0.39 is 11.8 Å². The molecule has 6 heteroatoms. The van der Waals surface area contributed by atoms with Gasteiger partial charge in [-0.2, -0.15) is 0 Å². The molecular weight excluding hydrogens is 275 g/mol. The van der Waals surface area contributed by atoms with Gasteiger partial charge in [0.15, 0.2) is 0 Å². The second kappa shape index (κ2) is 8.59. The third-order valence-corrected chi connectivity index (χ3v) is 3.20. The van der Waals surface area contributed by atoms with E-state index >= 15 is 0 Å². The first kappa shape index (κ1) is 15.7. The molecule has 1 aromatic carbocycles. The molecule has 21 heavy (non-hydrogen) atoms. The van der Waals surface area contributed by atoms with E-state index in [4.69, 9.17) is 9.47 Å². The van der Waals surface area contributed by atoms with E-state index in [9.17, 15) is 9.18 Å². The minimum Gasteiger partial charge on any atom is -0.379 e. The topological polar surface area (TPSA) is 59.6 Å². The maximum absolute atomic E-state index is 13.3. The van der Waals surface area contributed by atoms with Gasteiger partial charge in [0, 0.05) is 19.8 Å². The van der Waals surface area contributed by atoms with Gasteiger partial charge in [-0.15, -0.1) is 0 Å². The summed E-state index contributed by atoms with van der Waals surface area (Å²) in [5.41, 5.74) is 0.171. The van der Waals surface area contributed by atoms with Crippen LogP contribution in [0.15, 0.2) is 24.3 Å². The smallest absolute Gasteiger partial charge is 0.319 e. The zero-order valence-corrected chi connectivity index (χ0v) is 11.9. The lowest BCUT2D eigenvalue weighted by atomic mass is 10.2. The third kappa shape index (κ3) is 5.69. The predicted molar refractivity (Wildman–Crippen MR) is 77.8 cm³/mol. The van der Waals surface area contributed by atoms with Crippen LogP contribution in [0.2, 0.25) is 0 Å². The highest BCUT2D eigenvalue weighted by Gasteiger charge is 2.14. The van der Waals surface area contributed by atoms with Crippen molar-refractivity contribution in [1.29, 1.82) is 0 Å². The average Bonchev–Trinajstić information content (AvgIpc) is 2.98. The molecule has 2 amide bonds. The number of amides is 2. The number of para-hydroxylation sites is 1. The summed E-state index contributed by atoms with van der Waals surface area (Å²) in [5, 5.41) is 5.12. The molecule has 0 unspecified atom stereocenters. The highest BCUT2D eigenvalue weighted by Crippen LogP contribution is 2.12. The van der Waals surface area contributed by atoms with E-state index in [2.05, 4.69) is 10.6 Å². The Labute approximate surface area is 123 Å². The molecule has 1 aliphatic heterocycles. The molecule has 1 heterocycles. The van der Waals surface area contributed by atoms with Crippen LogP contribution in [0.25, 0.3) is 0 Å². The standard InChI is InChI=1S/C15H21FN2O3/c16-13-6-1-2-7-14(13)18-15(19)17-8-4-9-20-11-12-5-3-10-21-12/h1-2,6-7,12H,3-5,8-11H2,(H2,17,18,19)/t12-/m0/s1. The number of hydrogen-bond acceptors (Lipinski definition) is 3. The lowest BCUT2D eigenvalue weighted by Gasteiger charge is -2.11. The first-order valence-corrected chi connectivity index (χ1v) is 7.24. The predicted octanol–water partition coefficient (Wildman–Crippen LogP) is 2.53. The Balaban J connectivity index is 1.52. The molecule has 0 bridgehead atoms. The third-order valence-electron chi connectivity index (χ3n) is 3.20. The molecule has 0 radical (unpaired) electrons. The molecule has 0 saturated carbocycles. The lowest BCUT2D eigenvalue weighted by Crippen LogP contribution is -2.30. The summed E-state index contributed by atoms with van der Waals surface area (Å²) >= 11 is 0. The van der Waals surface area contributed by atoms with Gasteiger partial charge in [0.25, 0.3) is 0 Å². The fourth-order valence-corrected chi connectivity index (χ4v) is 2.10. The second-order valence-corrected chi connectivity index (χ2v) is 4.92. The van der Waals surface area contributed by atoms with E-state index in [1.165, 1.54) is 12.1 Å². The van der Waals surface area contributed by atoms with Gasteiger partial charge in [-0.25, -0.2) is 9.18 Å². The fourth-order valence-electron chi connectivity index (χ4n) is 2.10. The van der Waals surface area contributed by atoms with Gasteiger partial charge in [-0.1, -0.05) is 12.1 Å². The lowest BCUT2D eigenvalue weighted by molar-refractivity contribution is 0.0168. The van der Waals surface area contributed by atoms with Gasteiger partial charge >= 0.3 is 6.03 Å². The number of benzene rings is 1. The van der Waals surface area contributed by atoms with Crippen LogP contribution in [0.1, 0.15) is 19.3 Å². The number of carbonyl (C=O) groups excluding carboxylic acids is 1. The van der Waals surface area contributed by atoms with Crippen molar-refractivity contribution in [3.05, 3.63) is 30.1 Å². The Bertz CT molecular complexity index is 450. The van der Waals surface area contributed by atoms with Gasteiger partial charge in [0.2, 0.25) is 0 Å². The van der Waals surface area contributed by atoms with Crippen molar-refractivity contribution in [2.75, 3.05) is 31.7 Å². The molecule has 5 nitrogen and oxygen atoms in total. The van der Waals surface area contributed by atoms with Crippen molar-refractivity contribution >= 4 is 11.7 Å². The molecule has 0 aliphatic carbocycles. The summed E-state index contributed by atoms with van der Waals surface area (Å²) in [4.78, 5) is 11.6. The number of urea groups is 1. The van der Waals surface area contributed by atoms with Crippen molar-refractivity contribution in [3.63, 3.8) is 0 Å². The van der Waals surface area contributed by atoms with Crippen molar-refractivity contribution in [2.45, 2.75) is 25.4 Å². The summed E-state index contributed by atoms with van der Waals surface area (Å²) in [7, 11) is 0. The normalized spacial score (nSPS) is 17.7. The average molecular weight is 296 g/mol. The number of ether oxygens (including phenoxy) is 2. The minimum atomic E-state index is -0.451. The summed E-state index contributed by atoms with van der Waals surface area (Å²) < 4.78 is 24.2. The Hall–Kier alpha value is -1.66. The molecule has 1 saturated heterocycles. The number of nitrogens with one attached hydrogen (secondary N) is 2. The van der Waals surface area contributed by atoms with E-state index in [1.54, 1.807) is 12.1 Å². The second-order valence-electron chi connectivity index (χ2n) is 4.92. The van der Waals surface area contributed by atoms with Crippen LogP contribution in [-0.2, 0) is 9.47 Å². The van der Waals surface area contributed by atoms with Crippen LogP contribution in [0.5, 0.6) is 0 Å². The maximum Gasteiger partial charge on any atom is 0.319 e. The molecule has 1 aromatic rings. The first-order valence-electron chi connectivity index (χ1n) is 7.24. The maximum atomic E-state index is 13.3. The number of halogens is 1. The van der Waals surface area contributed by atoms with Gasteiger partial charge in [0.1, 0.15) is 5.82 Å². The van der Waals surface area contributed by atoms with Gasteiger partial charge in [0.05, 0.1) is 18.4 Å². The number of hydrogen-bond donors (Lipinski definition) is 2. The van der Waals surface area contributed by atoms with E-state index in [0.717, 1.165) is 19.4 Å². The van der Waals surface area contributed by atoms with Crippen LogP contribution < -0.4 is 10.6 Å². The highest BCUT2D eigenvalue weighted by atomic mass is 19.1. The minimum absolute atomic E-state index is 0.171. The summed E-state index contributed by atoms with van der Waals surface area (Å²) in [6, 6.07) is 5.63. The molecular formula is C15H21FN2O3. The zero-order chi connectivity index (χ0) is 14.9. The Morgan fingerprint density at radius 3 is 3.05 bits per heavy atom. The van der Waals surface area contributed by atoms with Crippen LogP contribution in [0, 0.1) is 5.82 Å². The quantitative estimate of drug-likeness (QED) is 0.760. The van der Waals surface area contributed by atoms with Crippen molar-refractivity contribution in [1.82, 2.24) is 5.32 Å². The highest BCUT2D eigenvalue weighted by molar-refractivity contribution is 5.89. The molecule has 0 spiro atoms. The zero-order valence-electron chi connectivity index (χ0n) is 11.9. The number of anilines is 1. The van der Waals surface area contributed by atoms with Crippen molar-refractivity contribution in [3.8, 4) is 0 Å². The molecule has 1 fully saturated rings. The molecule has 1 atom stereocenters. The monoisotopic (exact) mass is 296 g/mol. The van der Waals surface area contributed by atoms with Gasteiger partial charge in [-0.05, 0) is 31.4 Å². The van der Waals surface area contributed by atoms with E-state index in [-0.39, 0.29) is 11.8 Å². The van der Waals surface area contributed by atoms with E-state index in [0.29, 0.717) is 26.2 Å². The number of carbonyl (C=O) groups is 1. The molecule has 2 N–H and O–H groups in total. The Kier molecular flexibility index (Phi) is 6.43. The van der Waals surface area contributed by atoms with Gasteiger partial charge in [-0.3, -0.25) is 0 Å². The summed E-state index contributed by atoms with van der Waals surface area (Å²) in [6.07, 6.45) is 3.09. The fraction of sp³-hybridized carbons (Fsp3) is 0.533. The van der Waals surface area contributed by atoms with Gasteiger partial charge < -0.3 is 20.1 Å². The SMILES string of the molecule is O=C(NCCCOC[C@@H]1CCCO1)Nc1ccccc1F. The van der Waals surface area contributed by atoms with Crippen molar-refractivity contribution in [2.24, 2.45) is 0 Å². The van der Waals surface area contributed by atoms with E-state index in [1.807, 2.05) is 0 Å². The number of rotatable bonds is 7. The van der Waals surface area contributed by atoms with Crippen LogP contribution in [0.3, 0.4) is 0 Å². The first-order chi connectivity index (χ1) is 10.3. The van der Waals surface area contributed by atoms with Crippen LogP contribution in [0.4, 0.5) is 14.9 Å². The van der Waals surface area contributed by atoms with Crippen LogP contribution in [-0.4, -0.2) is 38.5 Å². The molecule has 0 aromatic heterocycles. The molecule has 116 valence electrons. The van der Waals surface area contributed by atoms with Crippen molar-refractivity contribution < 1.29 is 18.7 Å². The molecule has 2 rings (SSSR count). The summed E-state index contributed by atoms with van der Waals surface area (Å²) in [5.74, 6) is -0.451. The summed E-state index contributed by atoms with van der Waals surface area (Å²) in [6.45, 7) is 2.48. The van der Waals surface area contributed by atoms with Crippen LogP contribution >= 0.6 is 0 Å². The Morgan fingerprint density at radius 1 is 1.43 bits per heavy atom. The molecule has 1 aliphatic rings. The Morgan fingerprint density at radius 2 is 2.29 bits per heavy atom. The largest absolute Gasteiger partial charge is 0.379 e.